The summed E-state index contributed by atoms with van der Waals surface area (Å²) in [6, 6.07) is 0. The Kier molecular flexibility index (Phi) is 4.43. The number of hydrogen-bond donors (Lipinski definition) is 2. The van der Waals surface area contributed by atoms with Crippen LogP contribution in [0.25, 0.3) is 0 Å². The van der Waals surface area contributed by atoms with Gasteiger partial charge in [0, 0.05) is 12.7 Å². The van der Waals surface area contributed by atoms with Gasteiger partial charge in [-0.2, -0.15) is 0 Å². The van der Waals surface area contributed by atoms with Gasteiger partial charge in [-0.1, -0.05) is 0 Å². The molecular formula is C7H11BrN4O2S. The second-order valence-corrected chi connectivity index (χ2v) is 5.45. The van der Waals surface area contributed by atoms with E-state index in [9.17, 15) is 8.42 Å². The Balaban J connectivity index is 2.36. The van der Waals surface area contributed by atoms with E-state index in [0.29, 0.717) is 18.8 Å². The number of anilines is 1. The minimum absolute atomic E-state index is 0.0390. The maximum Gasteiger partial charge on any atom is 0.209 e. The number of halogens is 1. The van der Waals surface area contributed by atoms with Crippen LogP contribution in [0.15, 0.2) is 17.0 Å². The lowest BCUT2D eigenvalue weighted by Crippen LogP contribution is -2.18. The second kappa shape index (κ2) is 5.38. The average molecular weight is 295 g/mol. The molecule has 6 nitrogen and oxygen atoms in total. The number of hydrogen-bond acceptors (Lipinski definition) is 5. The predicted molar refractivity (Wildman–Crippen MR) is 60.8 cm³/mol. The van der Waals surface area contributed by atoms with Gasteiger partial charge >= 0.3 is 0 Å². The minimum atomic E-state index is -3.37. The van der Waals surface area contributed by atoms with Crippen LogP contribution in [0.5, 0.6) is 0 Å². The predicted octanol–water partition coefficient (Wildman–Crippen LogP) is 0.330. The molecule has 0 amide bonds. The van der Waals surface area contributed by atoms with Crippen molar-refractivity contribution in [2.24, 2.45) is 5.14 Å². The summed E-state index contributed by atoms with van der Waals surface area (Å²) >= 11 is 3.26. The fourth-order valence-electron chi connectivity index (χ4n) is 0.923. The summed E-state index contributed by atoms with van der Waals surface area (Å²) in [5.74, 6) is 0.599. The average Bonchev–Trinajstić information content (AvgIpc) is 2.13. The van der Waals surface area contributed by atoms with Gasteiger partial charge in [0.1, 0.15) is 12.1 Å². The fourth-order valence-corrected chi connectivity index (χ4v) is 1.83. The molecule has 1 heterocycles. The first kappa shape index (κ1) is 12.3. The van der Waals surface area contributed by atoms with E-state index in [0.717, 1.165) is 4.47 Å². The van der Waals surface area contributed by atoms with Crippen LogP contribution in [0, 0.1) is 0 Å². The van der Waals surface area contributed by atoms with Crippen molar-refractivity contribution >= 4 is 31.8 Å². The molecule has 84 valence electrons. The van der Waals surface area contributed by atoms with Crippen LogP contribution in [0.1, 0.15) is 6.42 Å². The van der Waals surface area contributed by atoms with Crippen molar-refractivity contribution in [1.29, 1.82) is 0 Å². The molecule has 3 N–H and O–H groups in total. The maximum absolute atomic E-state index is 10.6. The maximum atomic E-state index is 10.6. The molecule has 1 aromatic rings. The van der Waals surface area contributed by atoms with Crippen LogP contribution in [-0.4, -0.2) is 30.7 Å². The SMILES string of the molecule is NS(=O)(=O)CCCNc1ncncc1Br. The van der Waals surface area contributed by atoms with Crippen molar-refractivity contribution in [2.45, 2.75) is 6.42 Å². The molecule has 0 bridgehead atoms. The molecule has 0 saturated carbocycles. The third kappa shape index (κ3) is 5.05. The summed E-state index contributed by atoms with van der Waals surface area (Å²) in [6.45, 7) is 0.492. The van der Waals surface area contributed by atoms with E-state index in [1.165, 1.54) is 6.33 Å². The summed E-state index contributed by atoms with van der Waals surface area (Å²) in [7, 11) is -3.37. The smallest absolute Gasteiger partial charge is 0.209 e. The number of nitrogens with two attached hydrogens (primary N) is 1. The number of nitrogens with zero attached hydrogens (tertiary/aromatic N) is 2. The first-order valence-corrected chi connectivity index (χ1v) is 6.70. The monoisotopic (exact) mass is 294 g/mol. The van der Waals surface area contributed by atoms with Gasteiger partial charge in [0.25, 0.3) is 0 Å². The zero-order valence-electron chi connectivity index (χ0n) is 7.85. The van der Waals surface area contributed by atoms with Crippen molar-refractivity contribution in [2.75, 3.05) is 17.6 Å². The van der Waals surface area contributed by atoms with E-state index in [-0.39, 0.29) is 5.75 Å². The molecule has 0 aromatic carbocycles. The molecule has 0 unspecified atom stereocenters. The molecular weight excluding hydrogens is 284 g/mol. The van der Waals surface area contributed by atoms with Crippen LogP contribution in [0.3, 0.4) is 0 Å². The number of sulfonamides is 1. The van der Waals surface area contributed by atoms with Crippen LogP contribution in [0.4, 0.5) is 5.82 Å². The lowest BCUT2D eigenvalue weighted by Gasteiger charge is -2.05. The van der Waals surface area contributed by atoms with Crippen molar-refractivity contribution in [1.82, 2.24) is 9.97 Å². The van der Waals surface area contributed by atoms with Crippen LogP contribution >= 0.6 is 15.9 Å². The largest absolute Gasteiger partial charge is 0.369 e. The van der Waals surface area contributed by atoms with Crippen molar-refractivity contribution < 1.29 is 8.42 Å². The van der Waals surface area contributed by atoms with Gasteiger partial charge in [0.15, 0.2) is 0 Å². The lowest BCUT2D eigenvalue weighted by molar-refractivity contribution is 0.595. The third-order valence-electron chi connectivity index (χ3n) is 1.57. The van der Waals surface area contributed by atoms with E-state index in [2.05, 4.69) is 31.2 Å². The molecule has 0 atom stereocenters. The van der Waals surface area contributed by atoms with Gasteiger partial charge in [-0.25, -0.2) is 23.5 Å². The second-order valence-electron chi connectivity index (χ2n) is 2.87. The molecule has 0 aliphatic carbocycles. The molecule has 0 aliphatic heterocycles. The lowest BCUT2D eigenvalue weighted by atomic mass is 10.4. The Morgan fingerprint density at radius 2 is 2.27 bits per heavy atom. The van der Waals surface area contributed by atoms with Crippen LogP contribution in [0.2, 0.25) is 0 Å². The highest BCUT2D eigenvalue weighted by molar-refractivity contribution is 9.10. The summed E-state index contributed by atoms with van der Waals surface area (Å²) < 4.78 is 22.0. The zero-order valence-corrected chi connectivity index (χ0v) is 10.3. The Morgan fingerprint density at radius 1 is 1.53 bits per heavy atom. The molecule has 1 rings (SSSR count). The summed E-state index contributed by atoms with van der Waals surface area (Å²) in [5.41, 5.74) is 0. The van der Waals surface area contributed by atoms with E-state index in [1.807, 2.05) is 0 Å². The molecule has 0 fully saturated rings. The van der Waals surface area contributed by atoms with Crippen molar-refractivity contribution in [3.05, 3.63) is 17.0 Å². The molecule has 15 heavy (non-hydrogen) atoms. The first-order valence-electron chi connectivity index (χ1n) is 4.19. The topological polar surface area (TPSA) is 98.0 Å². The van der Waals surface area contributed by atoms with Gasteiger partial charge in [0.2, 0.25) is 10.0 Å². The van der Waals surface area contributed by atoms with Gasteiger partial charge in [-0.3, -0.25) is 0 Å². The highest BCUT2D eigenvalue weighted by Crippen LogP contribution is 2.16. The molecule has 8 heteroatoms. The van der Waals surface area contributed by atoms with E-state index in [1.54, 1.807) is 6.20 Å². The highest BCUT2D eigenvalue weighted by atomic mass is 79.9. The van der Waals surface area contributed by atoms with Gasteiger partial charge in [-0.15, -0.1) is 0 Å². The minimum Gasteiger partial charge on any atom is -0.369 e. The Bertz CT molecular complexity index is 423. The number of aromatic nitrogens is 2. The highest BCUT2D eigenvalue weighted by Gasteiger charge is 2.03. The Hall–Kier alpha value is -0.730. The number of primary sulfonamides is 1. The third-order valence-corrected chi connectivity index (χ3v) is 3.00. The molecule has 0 radical (unpaired) electrons. The van der Waals surface area contributed by atoms with Gasteiger partial charge < -0.3 is 5.32 Å². The molecule has 1 aromatic heterocycles. The summed E-state index contributed by atoms with van der Waals surface area (Å²) in [4.78, 5) is 7.76. The van der Waals surface area contributed by atoms with E-state index >= 15 is 0 Å². The Labute approximate surface area is 96.5 Å². The summed E-state index contributed by atoms with van der Waals surface area (Å²) in [6.07, 6.45) is 3.46. The van der Waals surface area contributed by atoms with Crippen molar-refractivity contribution in [3.8, 4) is 0 Å². The normalized spacial score (nSPS) is 11.3. The zero-order chi connectivity index (χ0) is 11.3. The Morgan fingerprint density at radius 3 is 2.87 bits per heavy atom. The van der Waals surface area contributed by atoms with Gasteiger partial charge in [0.05, 0.1) is 10.2 Å². The molecule has 0 saturated heterocycles. The van der Waals surface area contributed by atoms with E-state index < -0.39 is 10.0 Å². The van der Waals surface area contributed by atoms with Crippen LogP contribution in [-0.2, 0) is 10.0 Å². The molecule has 0 aliphatic rings. The number of nitrogens with one attached hydrogen (secondary N) is 1. The van der Waals surface area contributed by atoms with Gasteiger partial charge in [-0.05, 0) is 22.4 Å². The van der Waals surface area contributed by atoms with Crippen LogP contribution < -0.4 is 10.5 Å². The number of rotatable bonds is 5. The summed E-state index contributed by atoms with van der Waals surface area (Å²) in [5, 5.41) is 7.82. The first-order chi connectivity index (χ1) is 6.99. The van der Waals surface area contributed by atoms with E-state index in [4.69, 9.17) is 5.14 Å². The fraction of sp³-hybridized carbons (Fsp3) is 0.429. The van der Waals surface area contributed by atoms with Crippen molar-refractivity contribution in [3.63, 3.8) is 0 Å². The standard InChI is InChI=1S/C7H11BrN4O2S/c8-6-4-10-5-12-7(6)11-2-1-3-15(9,13)14/h4-5H,1-3H2,(H2,9,13,14)(H,10,11,12). The quantitative estimate of drug-likeness (QED) is 0.763. The molecule has 0 spiro atoms.